The molecule has 29 heavy (non-hydrogen) atoms. The third-order valence-corrected chi connectivity index (χ3v) is 7.37. The van der Waals surface area contributed by atoms with Gasteiger partial charge in [-0.25, -0.2) is 34.4 Å². The number of anilines is 1. The van der Waals surface area contributed by atoms with Crippen molar-refractivity contribution in [3.05, 3.63) is 53.6 Å². The van der Waals surface area contributed by atoms with Gasteiger partial charge < -0.3 is 4.74 Å². The lowest BCUT2D eigenvalue weighted by molar-refractivity contribution is 0.0729. The van der Waals surface area contributed by atoms with Gasteiger partial charge in [0.2, 0.25) is 10.0 Å². The zero-order valence-corrected chi connectivity index (χ0v) is 16.2. The first-order chi connectivity index (χ1) is 13.5. The molecule has 2 aromatic rings. The second-order valence-corrected chi connectivity index (χ2v) is 9.50. The van der Waals surface area contributed by atoms with Crippen molar-refractivity contribution in [2.45, 2.75) is 9.79 Å². The van der Waals surface area contributed by atoms with E-state index in [2.05, 4.69) is 0 Å². The molecule has 1 aliphatic rings. The molecule has 0 radical (unpaired) electrons. The number of benzene rings is 2. The van der Waals surface area contributed by atoms with E-state index in [1.807, 2.05) is 4.72 Å². The van der Waals surface area contributed by atoms with Crippen LogP contribution < -0.4 is 4.72 Å². The minimum atomic E-state index is -4.77. The van der Waals surface area contributed by atoms with Gasteiger partial charge in [-0.2, -0.15) is 4.31 Å². The summed E-state index contributed by atoms with van der Waals surface area (Å²) >= 11 is 0. The summed E-state index contributed by atoms with van der Waals surface area (Å²) in [6.07, 6.45) is 0. The number of morpholine rings is 1. The van der Waals surface area contributed by atoms with Gasteiger partial charge in [-0.05, 0) is 30.3 Å². The van der Waals surface area contributed by atoms with Gasteiger partial charge in [0, 0.05) is 13.1 Å². The lowest BCUT2D eigenvalue weighted by Gasteiger charge is -2.26. The van der Waals surface area contributed by atoms with E-state index in [0.717, 1.165) is 16.4 Å². The van der Waals surface area contributed by atoms with Crippen LogP contribution in [0.15, 0.2) is 40.1 Å². The molecule has 0 saturated carbocycles. The summed E-state index contributed by atoms with van der Waals surface area (Å²) in [5.41, 5.74) is -0.414. The fourth-order valence-corrected chi connectivity index (χ4v) is 5.23. The van der Waals surface area contributed by atoms with Crippen molar-refractivity contribution < 1.29 is 39.1 Å². The number of ether oxygens (including phenoxy) is 1. The Labute approximate surface area is 164 Å². The number of nitrogens with zero attached hydrogens (tertiary/aromatic N) is 1. The van der Waals surface area contributed by atoms with Crippen LogP contribution in [-0.4, -0.2) is 47.4 Å². The zero-order chi connectivity index (χ0) is 21.4. The van der Waals surface area contributed by atoms with E-state index in [0.29, 0.717) is 18.2 Å². The number of sulfonamides is 2. The summed E-state index contributed by atoms with van der Waals surface area (Å²) in [6.45, 7) is 0.195. The topological polar surface area (TPSA) is 92.8 Å². The van der Waals surface area contributed by atoms with Crippen LogP contribution in [0.25, 0.3) is 0 Å². The molecule has 0 bridgehead atoms. The zero-order valence-electron chi connectivity index (χ0n) is 14.5. The fourth-order valence-electron chi connectivity index (χ4n) is 2.62. The van der Waals surface area contributed by atoms with Gasteiger partial charge in [0.1, 0.15) is 15.6 Å². The minimum absolute atomic E-state index is 0.0161. The lowest BCUT2D eigenvalue weighted by Crippen LogP contribution is -2.40. The summed E-state index contributed by atoms with van der Waals surface area (Å²) in [5.74, 6) is -6.64. The van der Waals surface area contributed by atoms with Crippen LogP contribution in [0.4, 0.5) is 23.2 Å². The van der Waals surface area contributed by atoms with Gasteiger partial charge in [0.05, 0.1) is 18.9 Å². The second kappa shape index (κ2) is 7.89. The summed E-state index contributed by atoms with van der Waals surface area (Å²) in [4.78, 5) is -2.00. The Hall–Kier alpha value is -2.22. The standard InChI is InChI=1S/C16H14F4N2O5S2/c17-11-2-1-10(9-14(11)29(25,26)22-5-7-27-8-6-22)21-28(23,24)13-4-3-12(18)15(19)16(13)20/h1-4,9,21H,5-8H2. The average molecular weight is 454 g/mol. The molecule has 7 nitrogen and oxygen atoms in total. The van der Waals surface area contributed by atoms with Crippen molar-refractivity contribution in [2.24, 2.45) is 0 Å². The van der Waals surface area contributed by atoms with Crippen molar-refractivity contribution in [1.29, 1.82) is 0 Å². The van der Waals surface area contributed by atoms with Crippen LogP contribution in [0.5, 0.6) is 0 Å². The summed E-state index contributed by atoms with van der Waals surface area (Å²) in [6, 6.07) is 3.27. The highest BCUT2D eigenvalue weighted by Gasteiger charge is 2.30. The Balaban J connectivity index is 1.97. The molecule has 2 aromatic carbocycles. The van der Waals surface area contributed by atoms with Gasteiger partial charge in [0.25, 0.3) is 10.0 Å². The average Bonchev–Trinajstić information content (AvgIpc) is 2.68. The third kappa shape index (κ3) is 4.22. The van der Waals surface area contributed by atoms with Crippen molar-refractivity contribution in [3.63, 3.8) is 0 Å². The van der Waals surface area contributed by atoms with E-state index in [4.69, 9.17) is 4.74 Å². The van der Waals surface area contributed by atoms with Gasteiger partial charge in [-0.15, -0.1) is 0 Å². The molecule has 3 rings (SSSR count). The number of nitrogens with one attached hydrogen (secondary N) is 1. The molecule has 1 saturated heterocycles. The predicted molar refractivity (Wildman–Crippen MR) is 93.1 cm³/mol. The largest absolute Gasteiger partial charge is 0.379 e. The van der Waals surface area contributed by atoms with Crippen LogP contribution in [0, 0.1) is 23.3 Å². The molecule has 0 spiro atoms. The molecular formula is C16H14F4N2O5S2. The highest BCUT2D eigenvalue weighted by atomic mass is 32.2. The molecule has 13 heteroatoms. The molecule has 158 valence electrons. The first-order valence-corrected chi connectivity index (χ1v) is 11.0. The first kappa shape index (κ1) is 21.5. The number of rotatable bonds is 5. The summed E-state index contributed by atoms with van der Waals surface area (Å²) in [5, 5.41) is 0. The SMILES string of the molecule is O=S(=O)(Nc1ccc(F)c(S(=O)(=O)N2CCOCC2)c1)c1ccc(F)c(F)c1F. The number of halogens is 4. The predicted octanol–water partition coefficient (Wildman–Crippen LogP) is 2.06. The van der Waals surface area contributed by atoms with Gasteiger partial charge in [0.15, 0.2) is 17.5 Å². The van der Waals surface area contributed by atoms with E-state index < -0.39 is 58.8 Å². The molecule has 1 N–H and O–H groups in total. The van der Waals surface area contributed by atoms with Crippen molar-refractivity contribution in [3.8, 4) is 0 Å². The van der Waals surface area contributed by atoms with Crippen LogP contribution in [0.1, 0.15) is 0 Å². The lowest BCUT2D eigenvalue weighted by atomic mass is 10.3. The van der Waals surface area contributed by atoms with Crippen molar-refractivity contribution >= 4 is 25.7 Å². The monoisotopic (exact) mass is 454 g/mol. The Morgan fingerprint density at radius 1 is 0.828 bits per heavy atom. The number of hydrogen-bond donors (Lipinski definition) is 1. The highest BCUT2D eigenvalue weighted by Crippen LogP contribution is 2.27. The first-order valence-electron chi connectivity index (χ1n) is 8.08. The normalized spacial score (nSPS) is 16.0. The van der Waals surface area contributed by atoms with Crippen molar-refractivity contribution in [2.75, 3.05) is 31.0 Å². The maximum absolute atomic E-state index is 14.2. The van der Waals surface area contributed by atoms with E-state index in [1.54, 1.807) is 0 Å². The van der Waals surface area contributed by atoms with E-state index in [-0.39, 0.29) is 26.3 Å². The molecule has 0 aliphatic carbocycles. The second-order valence-electron chi connectivity index (χ2n) is 5.94. The summed E-state index contributed by atoms with van der Waals surface area (Å²) in [7, 11) is -9.06. The molecule has 0 aromatic heterocycles. The maximum atomic E-state index is 14.2. The molecule has 0 amide bonds. The molecule has 0 unspecified atom stereocenters. The van der Waals surface area contributed by atoms with Gasteiger partial charge >= 0.3 is 0 Å². The molecular weight excluding hydrogens is 440 g/mol. The minimum Gasteiger partial charge on any atom is -0.379 e. The Morgan fingerprint density at radius 2 is 1.45 bits per heavy atom. The molecule has 1 fully saturated rings. The summed E-state index contributed by atoms with van der Waals surface area (Å²) < 4.78 is 112. The van der Waals surface area contributed by atoms with Crippen LogP contribution in [0.2, 0.25) is 0 Å². The maximum Gasteiger partial charge on any atom is 0.264 e. The number of hydrogen-bond acceptors (Lipinski definition) is 5. The Bertz CT molecular complexity index is 1150. The molecule has 0 atom stereocenters. The van der Waals surface area contributed by atoms with Crippen LogP contribution >= 0.6 is 0 Å². The Morgan fingerprint density at radius 3 is 2.10 bits per heavy atom. The Kier molecular flexibility index (Phi) is 5.85. The quantitative estimate of drug-likeness (QED) is 0.552. The fraction of sp³-hybridized carbons (Fsp3) is 0.250. The van der Waals surface area contributed by atoms with Crippen LogP contribution in [-0.2, 0) is 24.8 Å². The van der Waals surface area contributed by atoms with E-state index in [1.165, 1.54) is 0 Å². The van der Waals surface area contributed by atoms with Crippen molar-refractivity contribution in [1.82, 2.24) is 4.31 Å². The smallest absolute Gasteiger partial charge is 0.264 e. The highest BCUT2D eigenvalue weighted by molar-refractivity contribution is 7.92. The molecule has 1 heterocycles. The van der Waals surface area contributed by atoms with Gasteiger partial charge in [-0.3, -0.25) is 4.72 Å². The van der Waals surface area contributed by atoms with Crippen LogP contribution in [0.3, 0.4) is 0 Å². The van der Waals surface area contributed by atoms with E-state index >= 15 is 0 Å². The van der Waals surface area contributed by atoms with E-state index in [9.17, 15) is 34.4 Å². The van der Waals surface area contributed by atoms with Gasteiger partial charge in [-0.1, -0.05) is 0 Å². The third-order valence-electron chi connectivity index (χ3n) is 4.06. The molecule has 1 aliphatic heterocycles.